The van der Waals surface area contributed by atoms with Crippen molar-refractivity contribution in [1.29, 1.82) is 0 Å². The number of aromatic nitrogens is 4. The Morgan fingerprint density at radius 3 is 2.91 bits per heavy atom. The smallest absolute Gasteiger partial charge is 0.314 e. The fourth-order valence-corrected chi connectivity index (χ4v) is 2.79. The number of methoxy groups -OCH3 is 1. The van der Waals surface area contributed by atoms with Crippen molar-refractivity contribution < 1.29 is 14.1 Å². The summed E-state index contributed by atoms with van der Waals surface area (Å²) < 4.78 is 11.7. The molecule has 1 amide bonds. The summed E-state index contributed by atoms with van der Waals surface area (Å²) in [5.74, 6) is 0.682. The van der Waals surface area contributed by atoms with Gasteiger partial charge in [-0.2, -0.15) is 4.98 Å². The average Bonchev–Trinajstić information content (AvgIpc) is 3.12. The van der Waals surface area contributed by atoms with Crippen LogP contribution >= 0.6 is 0 Å². The van der Waals surface area contributed by atoms with E-state index in [2.05, 4.69) is 15.2 Å². The highest BCUT2D eigenvalue weighted by atomic mass is 16.5. The van der Waals surface area contributed by atoms with Gasteiger partial charge in [-0.3, -0.25) is 4.79 Å². The summed E-state index contributed by atoms with van der Waals surface area (Å²) in [6, 6.07) is 2.10. The Morgan fingerprint density at radius 2 is 2.27 bits per heavy atom. The van der Waals surface area contributed by atoms with Gasteiger partial charge in [-0.05, 0) is 26.2 Å². The second kappa shape index (κ2) is 5.78. The molecule has 1 aliphatic heterocycles. The monoisotopic (exact) mass is 305 g/mol. The summed E-state index contributed by atoms with van der Waals surface area (Å²) >= 11 is 0. The van der Waals surface area contributed by atoms with Crippen molar-refractivity contribution in [3.05, 3.63) is 23.3 Å². The zero-order valence-electron chi connectivity index (χ0n) is 12.9. The number of carbonyl (C=O) groups is 1. The van der Waals surface area contributed by atoms with Crippen molar-refractivity contribution in [3.63, 3.8) is 0 Å². The largest absolute Gasteiger partial charge is 0.467 e. The van der Waals surface area contributed by atoms with Crippen LogP contribution in [0.1, 0.15) is 47.4 Å². The standard InChI is InChI=1S/C14H19N5O3/c1-9-8-10(17-22-9)11-6-4-5-7-19(11)13(20)12-15-14(21-3)18(2)16-12/h8,11H,4-7H2,1-3H3. The Bertz CT molecular complexity index is 678. The molecule has 0 spiro atoms. The van der Waals surface area contributed by atoms with E-state index < -0.39 is 0 Å². The van der Waals surface area contributed by atoms with Crippen molar-refractivity contribution >= 4 is 5.91 Å². The number of carbonyl (C=O) groups excluding carboxylic acids is 1. The molecule has 0 bridgehead atoms. The quantitative estimate of drug-likeness (QED) is 0.854. The Labute approximate surface area is 128 Å². The summed E-state index contributed by atoms with van der Waals surface area (Å²) in [5.41, 5.74) is 0.786. The summed E-state index contributed by atoms with van der Waals surface area (Å²) in [7, 11) is 3.19. The molecule has 0 aliphatic carbocycles. The third-order valence-corrected chi connectivity index (χ3v) is 3.85. The average molecular weight is 305 g/mol. The van der Waals surface area contributed by atoms with E-state index >= 15 is 0 Å². The van der Waals surface area contributed by atoms with E-state index in [1.54, 1.807) is 11.9 Å². The van der Waals surface area contributed by atoms with E-state index in [1.165, 1.54) is 11.8 Å². The molecule has 8 heteroatoms. The van der Waals surface area contributed by atoms with Crippen molar-refractivity contribution in [2.45, 2.75) is 32.2 Å². The van der Waals surface area contributed by atoms with Crippen LogP contribution in [-0.4, -0.2) is 44.4 Å². The zero-order chi connectivity index (χ0) is 15.7. The van der Waals surface area contributed by atoms with Gasteiger partial charge in [0.1, 0.15) is 11.5 Å². The van der Waals surface area contributed by atoms with Gasteiger partial charge in [0.15, 0.2) is 0 Å². The van der Waals surface area contributed by atoms with Crippen LogP contribution in [0.25, 0.3) is 0 Å². The molecule has 2 aromatic rings. The number of amides is 1. The van der Waals surface area contributed by atoms with Gasteiger partial charge in [-0.15, -0.1) is 5.10 Å². The fraction of sp³-hybridized carbons (Fsp3) is 0.571. The third-order valence-electron chi connectivity index (χ3n) is 3.85. The normalized spacial score (nSPS) is 18.5. The predicted molar refractivity (Wildman–Crippen MR) is 76.4 cm³/mol. The lowest BCUT2D eigenvalue weighted by Crippen LogP contribution is -2.39. The number of piperidine rings is 1. The molecule has 8 nitrogen and oxygen atoms in total. The number of rotatable bonds is 3. The van der Waals surface area contributed by atoms with Crippen LogP contribution in [-0.2, 0) is 7.05 Å². The van der Waals surface area contributed by atoms with Gasteiger partial charge in [-0.25, -0.2) is 4.68 Å². The van der Waals surface area contributed by atoms with E-state index in [1.807, 2.05) is 13.0 Å². The van der Waals surface area contributed by atoms with E-state index in [0.717, 1.165) is 30.7 Å². The molecule has 3 rings (SSSR count). The molecule has 1 unspecified atom stereocenters. The second-order valence-electron chi connectivity index (χ2n) is 5.42. The van der Waals surface area contributed by atoms with Crippen LogP contribution in [0.3, 0.4) is 0 Å². The van der Waals surface area contributed by atoms with Gasteiger partial charge in [-0.1, -0.05) is 5.16 Å². The lowest BCUT2D eigenvalue weighted by atomic mass is 9.99. The topological polar surface area (TPSA) is 86.3 Å². The van der Waals surface area contributed by atoms with E-state index in [0.29, 0.717) is 12.6 Å². The van der Waals surface area contributed by atoms with Crippen LogP contribution in [0.15, 0.2) is 10.6 Å². The molecule has 3 heterocycles. The van der Waals surface area contributed by atoms with E-state index in [-0.39, 0.29) is 17.8 Å². The van der Waals surface area contributed by atoms with Gasteiger partial charge in [0.2, 0.25) is 5.82 Å². The number of aryl methyl sites for hydroxylation is 2. The molecule has 0 aromatic carbocycles. The fourth-order valence-electron chi connectivity index (χ4n) is 2.79. The van der Waals surface area contributed by atoms with Crippen LogP contribution in [0.2, 0.25) is 0 Å². The lowest BCUT2D eigenvalue weighted by Gasteiger charge is -2.33. The van der Waals surface area contributed by atoms with Crippen LogP contribution in [0.4, 0.5) is 0 Å². The first-order valence-electron chi connectivity index (χ1n) is 7.29. The van der Waals surface area contributed by atoms with Crippen LogP contribution in [0.5, 0.6) is 6.01 Å². The second-order valence-corrected chi connectivity index (χ2v) is 5.42. The minimum Gasteiger partial charge on any atom is -0.467 e. The Morgan fingerprint density at radius 1 is 1.45 bits per heavy atom. The molecule has 0 saturated carbocycles. The number of nitrogens with zero attached hydrogens (tertiary/aromatic N) is 5. The number of ether oxygens (including phenoxy) is 1. The van der Waals surface area contributed by atoms with Crippen LogP contribution in [0, 0.1) is 6.92 Å². The zero-order valence-corrected chi connectivity index (χ0v) is 12.9. The maximum absolute atomic E-state index is 12.7. The first-order valence-corrected chi connectivity index (χ1v) is 7.29. The highest BCUT2D eigenvalue weighted by Gasteiger charge is 2.33. The first-order chi connectivity index (χ1) is 10.6. The SMILES string of the molecule is COc1nc(C(=O)N2CCCCC2c2cc(C)on2)nn1C. The highest BCUT2D eigenvalue weighted by Crippen LogP contribution is 2.31. The summed E-state index contributed by atoms with van der Waals surface area (Å²) in [6.45, 7) is 2.51. The van der Waals surface area contributed by atoms with E-state index in [4.69, 9.17) is 9.26 Å². The number of likely N-dealkylation sites (tertiary alicyclic amines) is 1. The third kappa shape index (κ3) is 2.56. The molecular weight excluding hydrogens is 286 g/mol. The molecule has 2 aromatic heterocycles. The molecule has 0 radical (unpaired) electrons. The summed E-state index contributed by atoms with van der Waals surface area (Å²) in [4.78, 5) is 18.7. The van der Waals surface area contributed by atoms with Crippen LogP contribution < -0.4 is 4.74 Å². The predicted octanol–water partition coefficient (Wildman–Crippen LogP) is 1.49. The Kier molecular flexibility index (Phi) is 3.82. The van der Waals surface area contributed by atoms with Crippen molar-refractivity contribution in [2.75, 3.05) is 13.7 Å². The highest BCUT2D eigenvalue weighted by molar-refractivity contribution is 5.90. The van der Waals surface area contributed by atoms with Gasteiger partial charge in [0.05, 0.1) is 13.2 Å². The maximum Gasteiger partial charge on any atom is 0.314 e. The number of hydrogen-bond donors (Lipinski definition) is 0. The minimum absolute atomic E-state index is 0.0894. The maximum atomic E-state index is 12.7. The summed E-state index contributed by atoms with van der Waals surface area (Å²) in [6.07, 6.45) is 2.88. The Balaban J connectivity index is 1.87. The molecule has 118 valence electrons. The van der Waals surface area contributed by atoms with Gasteiger partial charge >= 0.3 is 6.01 Å². The van der Waals surface area contributed by atoms with Crippen molar-refractivity contribution in [3.8, 4) is 6.01 Å². The van der Waals surface area contributed by atoms with Gasteiger partial charge in [0.25, 0.3) is 5.91 Å². The summed E-state index contributed by atoms with van der Waals surface area (Å²) in [5, 5.41) is 8.20. The molecule has 22 heavy (non-hydrogen) atoms. The first kappa shape index (κ1) is 14.6. The molecule has 1 aliphatic rings. The van der Waals surface area contributed by atoms with E-state index in [9.17, 15) is 4.79 Å². The molecular formula is C14H19N5O3. The lowest BCUT2D eigenvalue weighted by molar-refractivity contribution is 0.0588. The molecule has 1 fully saturated rings. The van der Waals surface area contributed by atoms with Crippen molar-refractivity contribution in [1.82, 2.24) is 24.8 Å². The molecule has 0 N–H and O–H groups in total. The minimum atomic E-state index is -0.204. The molecule has 1 atom stereocenters. The van der Waals surface area contributed by atoms with Gasteiger partial charge in [0, 0.05) is 19.7 Å². The van der Waals surface area contributed by atoms with Crippen molar-refractivity contribution in [2.24, 2.45) is 7.05 Å². The molecule has 1 saturated heterocycles. The Hall–Kier alpha value is -2.38. The van der Waals surface area contributed by atoms with Gasteiger partial charge < -0.3 is 14.2 Å². The number of hydrogen-bond acceptors (Lipinski definition) is 6.